The number of amides is 2. The molecular formula is C28H32FN3O4S. The summed E-state index contributed by atoms with van der Waals surface area (Å²) in [7, 11) is -4.30. The number of sulfonamides is 1. The molecule has 196 valence electrons. The normalized spacial score (nSPS) is 12.0. The highest BCUT2D eigenvalue weighted by Crippen LogP contribution is 2.27. The zero-order valence-electron chi connectivity index (χ0n) is 21.2. The molecule has 0 saturated heterocycles. The van der Waals surface area contributed by atoms with Gasteiger partial charge in [0.2, 0.25) is 11.8 Å². The predicted octanol–water partition coefficient (Wildman–Crippen LogP) is 3.93. The lowest BCUT2D eigenvalue weighted by Gasteiger charge is -2.32. The minimum atomic E-state index is -4.30. The van der Waals surface area contributed by atoms with Gasteiger partial charge in [0.1, 0.15) is 18.4 Å². The summed E-state index contributed by atoms with van der Waals surface area (Å²) in [6.45, 7) is 5.08. The maximum atomic E-state index is 14.9. The number of halogens is 1. The van der Waals surface area contributed by atoms with E-state index in [2.05, 4.69) is 5.32 Å². The van der Waals surface area contributed by atoms with Gasteiger partial charge in [0.15, 0.2) is 0 Å². The Labute approximate surface area is 218 Å². The number of aryl methyl sites for hydroxylation is 1. The van der Waals surface area contributed by atoms with E-state index in [1.165, 1.54) is 35.2 Å². The van der Waals surface area contributed by atoms with Crippen LogP contribution >= 0.6 is 0 Å². The van der Waals surface area contributed by atoms with Gasteiger partial charge in [-0.15, -0.1) is 0 Å². The number of carbonyl (C=O) groups excluding carboxylic acids is 2. The van der Waals surface area contributed by atoms with Crippen LogP contribution in [0, 0.1) is 12.7 Å². The summed E-state index contributed by atoms with van der Waals surface area (Å²) in [5.41, 5.74) is 1.57. The summed E-state index contributed by atoms with van der Waals surface area (Å²) in [5, 5.41) is 2.71. The van der Waals surface area contributed by atoms with Crippen LogP contribution in [0.3, 0.4) is 0 Å². The van der Waals surface area contributed by atoms with Crippen molar-refractivity contribution in [3.05, 3.63) is 95.8 Å². The molecule has 0 aliphatic rings. The molecule has 1 atom stereocenters. The SMILES string of the molecule is CCNC(=O)[C@H](C)N(CCc1ccccc1)C(=O)CN(c1ccccc1F)S(=O)(=O)c1ccc(C)cc1. The van der Waals surface area contributed by atoms with Crippen molar-refractivity contribution in [2.75, 3.05) is 23.9 Å². The van der Waals surface area contributed by atoms with Crippen LogP contribution in [0.1, 0.15) is 25.0 Å². The monoisotopic (exact) mass is 525 g/mol. The maximum Gasteiger partial charge on any atom is 0.264 e. The van der Waals surface area contributed by atoms with Crippen LogP contribution in [0.4, 0.5) is 10.1 Å². The van der Waals surface area contributed by atoms with Crippen LogP contribution in [0.5, 0.6) is 0 Å². The van der Waals surface area contributed by atoms with Gasteiger partial charge in [-0.3, -0.25) is 13.9 Å². The lowest BCUT2D eigenvalue weighted by atomic mass is 10.1. The first kappa shape index (κ1) is 27.9. The molecule has 0 aliphatic heterocycles. The molecule has 0 aliphatic carbocycles. The summed E-state index contributed by atoms with van der Waals surface area (Å²) < 4.78 is 42.9. The van der Waals surface area contributed by atoms with Gasteiger partial charge in [-0.05, 0) is 57.0 Å². The minimum absolute atomic E-state index is 0.0678. The number of carbonyl (C=O) groups is 2. The molecular weight excluding hydrogens is 493 g/mol. The summed E-state index contributed by atoms with van der Waals surface area (Å²) in [6, 6.07) is 20.1. The number of para-hydroxylation sites is 1. The first-order valence-corrected chi connectivity index (χ1v) is 13.5. The molecule has 3 aromatic rings. The third kappa shape index (κ3) is 6.95. The van der Waals surface area contributed by atoms with Crippen LogP contribution in [0.15, 0.2) is 83.8 Å². The maximum absolute atomic E-state index is 14.9. The van der Waals surface area contributed by atoms with Crippen molar-refractivity contribution in [3.8, 4) is 0 Å². The van der Waals surface area contributed by atoms with Crippen molar-refractivity contribution in [2.45, 2.75) is 38.1 Å². The van der Waals surface area contributed by atoms with Crippen molar-refractivity contribution in [1.29, 1.82) is 0 Å². The number of benzene rings is 3. The molecule has 0 saturated carbocycles. The van der Waals surface area contributed by atoms with E-state index in [-0.39, 0.29) is 23.0 Å². The predicted molar refractivity (Wildman–Crippen MR) is 142 cm³/mol. The standard InChI is InChI=1S/C28H32FN3O4S/c1-4-30-28(34)22(3)31(19-18-23-10-6-5-7-11-23)27(33)20-32(26-13-9-8-12-25(26)29)37(35,36)24-16-14-21(2)15-17-24/h5-17,22H,4,18-20H2,1-3H3,(H,30,34)/t22-/m0/s1. The van der Waals surface area contributed by atoms with Gasteiger partial charge < -0.3 is 10.2 Å². The van der Waals surface area contributed by atoms with E-state index in [1.54, 1.807) is 26.0 Å². The highest BCUT2D eigenvalue weighted by molar-refractivity contribution is 7.92. The molecule has 1 N–H and O–H groups in total. The van der Waals surface area contributed by atoms with Crippen LogP contribution in [0.2, 0.25) is 0 Å². The van der Waals surface area contributed by atoms with Gasteiger partial charge >= 0.3 is 0 Å². The second-order valence-electron chi connectivity index (χ2n) is 8.67. The lowest BCUT2D eigenvalue weighted by Crippen LogP contribution is -2.52. The Morgan fingerprint density at radius 3 is 2.19 bits per heavy atom. The van der Waals surface area contributed by atoms with Gasteiger partial charge in [-0.25, -0.2) is 12.8 Å². The quantitative estimate of drug-likeness (QED) is 0.411. The van der Waals surface area contributed by atoms with Crippen LogP contribution in [0.25, 0.3) is 0 Å². The molecule has 3 aromatic carbocycles. The average molecular weight is 526 g/mol. The number of hydrogen-bond donors (Lipinski definition) is 1. The van der Waals surface area contributed by atoms with E-state index in [4.69, 9.17) is 0 Å². The van der Waals surface area contributed by atoms with E-state index in [9.17, 15) is 22.4 Å². The van der Waals surface area contributed by atoms with Crippen molar-refractivity contribution in [3.63, 3.8) is 0 Å². The Kier molecular flexibility index (Phi) is 9.41. The summed E-state index contributed by atoms with van der Waals surface area (Å²) in [5.74, 6) is -1.75. The summed E-state index contributed by atoms with van der Waals surface area (Å²) in [4.78, 5) is 27.6. The fraction of sp³-hybridized carbons (Fsp3) is 0.286. The third-order valence-corrected chi connectivity index (χ3v) is 7.79. The van der Waals surface area contributed by atoms with Gasteiger partial charge in [-0.1, -0.05) is 60.2 Å². The van der Waals surface area contributed by atoms with E-state index in [1.807, 2.05) is 37.3 Å². The third-order valence-electron chi connectivity index (χ3n) is 6.01. The van der Waals surface area contributed by atoms with Crippen molar-refractivity contribution >= 4 is 27.5 Å². The molecule has 0 heterocycles. The molecule has 0 fully saturated rings. The zero-order valence-corrected chi connectivity index (χ0v) is 22.0. The van der Waals surface area contributed by atoms with Gasteiger partial charge in [0, 0.05) is 13.1 Å². The molecule has 37 heavy (non-hydrogen) atoms. The number of hydrogen-bond acceptors (Lipinski definition) is 4. The molecule has 2 amide bonds. The van der Waals surface area contributed by atoms with Crippen molar-refractivity contribution < 1.29 is 22.4 Å². The summed E-state index contributed by atoms with van der Waals surface area (Å²) in [6.07, 6.45) is 0.459. The Morgan fingerprint density at radius 2 is 1.57 bits per heavy atom. The van der Waals surface area contributed by atoms with E-state index in [0.29, 0.717) is 13.0 Å². The van der Waals surface area contributed by atoms with Crippen molar-refractivity contribution in [1.82, 2.24) is 10.2 Å². The first-order valence-electron chi connectivity index (χ1n) is 12.1. The molecule has 7 nitrogen and oxygen atoms in total. The topological polar surface area (TPSA) is 86.8 Å². The highest BCUT2D eigenvalue weighted by atomic mass is 32.2. The number of likely N-dealkylation sites (N-methyl/N-ethyl adjacent to an activating group) is 1. The highest BCUT2D eigenvalue weighted by Gasteiger charge is 2.33. The Morgan fingerprint density at radius 1 is 0.946 bits per heavy atom. The average Bonchev–Trinajstić information content (AvgIpc) is 2.88. The van der Waals surface area contributed by atoms with Crippen LogP contribution in [-0.4, -0.2) is 50.8 Å². The lowest BCUT2D eigenvalue weighted by molar-refractivity contribution is -0.138. The number of nitrogens with zero attached hydrogens (tertiary/aromatic N) is 2. The molecule has 9 heteroatoms. The fourth-order valence-electron chi connectivity index (χ4n) is 3.90. The molecule has 0 radical (unpaired) electrons. The number of nitrogens with one attached hydrogen (secondary N) is 1. The Balaban J connectivity index is 1.98. The van der Waals surface area contributed by atoms with Crippen LogP contribution in [-0.2, 0) is 26.0 Å². The second kappa shape index (κ2) is 12.5. The fourth-order valence-corrected chi connectivity index (χ4v) is 5.32. The van der Waals surface area contributed by atoms with E-state index < -0.39 is 34.3 Å². The summed E-state index contributed by atoms with van der Waals surface area (Å²) >= 11 is 0. The molecule has 0 unspecified atom stereocenters. The molecule has 3 rings (SSSR count). The van der Waals surface area contributed by atoms with Crippen LogP contribution < -0.4 is 9.62 Å². The van der Waals surface area contributed by atoms with Crippen molar-refractivity contribution in [2.24, 2.45) is 0 Å². The van der Waals surface area contributed by atoms with Gasteiger partial charge in [-0.2, -0.15) is 0 Å². The Hall–Kier alpha value is -3.72. The zero-order chi connectivity index (χ0) is 27.0. The van der Waals surface area contributed by atoms with E-state index >= 15 is 0 Å². The molecule has 0 spiro atoms. The Bertz CT molecular complexity index is 1310. The van der Waals surface area contributed by atoms with E-state index in [0.717, 1.165) is 21.5 Å². The first-order chi connectivity index (χ1) is 17.6. The smallest absolute Gasteiger partial charge is 0.264 e. The van der Waals surface area contributed by atoms with Gasteiger partial charge in [0.05, 0.1) is 10.6 Å². The number of rotatable bonds is 11. The number of anilines is 1. The molecule has 0 aromatic heterocycles. The minimum Gasteiger partial charge on any atom is -0.355 e. The second-order valence-corrected chi connectivity index (χ2v) is 10.5. The van der Waals surface area contributed by atoms with Gasteiger partial charge in [0.25, 0.3) is 10.0 Å². The largest absolute Gasteiger partial charge is 0.355 e. The molecule has 0 bridgehead atoms.